The molecule has 2 aliphatic rings. The Balaban J connectivity index is 1.60. The Kier molecular flexibility index (Phi) is 3.11. The molecule has 0 radical (unpaired) electrons. The van der Waals surface area contributed by atoms with E-state index >= 15 is 0 Å². The number of anilines is 1. The van der Waals surface area contributed by atoms with Gasteiger partial charge in [-0.1, -0.05) is 18.2 Å². The molecule has 0 unspecified atom stereocenters. The molecule has 5 nitrogen and oxygen atoms in total. The summed E-state index contributed by atoms with van der Waals surface area (Å²) >= 11 is 0. The summed E-state index contributed by atoms with van der Waals surface area (Å²) < 4.78 is 0. The first kappa shape index (κ1) is 12.0. The summed E-state index contributed by atoms with van der Waals surface area (Å²) in [5.41, 5.74) is 2.18. The number of nitrogens with one attached hydrogen (secondary N) is 1. The molecule has 1 amide bonds. The van der Waals surface area contributed by atoms with Crippen LogP contribution in [0.5, 0.6) is 0 Å². The van der Waals surface area contributed by atoms with Crippen molar-refractivity contribution in [3.8, 4) is 0 Å². The van der Waals surface area contributed by atoms with Crippen molar-refractivity contribution in [1.29, 1.82) is 0 Å². The molecule has 1 aromatic rings. The molecular formula is C14H18N4O. The maximum atomic E-state index is 12.0. The number of hydrogen-bond acceptors (Lipinski definition) is 4. The first-order valence-electron chi connectivity index (χ1n) is 6.63. The molecule has 0 aromatic heterocycles. The molecule has 2 aliphatic heterocycles. The van der Waals surface area contributed by atoms with Gasteiger partial charge in [0.1, 0.15) is 0 Å². The van der Waals surface area contributed by atoms with Crippen LogP contribution in [0.4, 0.5) is 5.69 Å². The molecule has 0 aliphatic carbocycles. The highest BCUT2D eigenvalue weighted by atomic mass is 16.2. The fourth-order valence-electron chi connectivity index (χ4n) is 2.56. The highest BCUT2D eigenvalue weighted by Gasteiger charge is 2.26. The minimum atomic E-state index is 0.185. The van der Waals surface area contributed by atoms with Gasteiger partial charge in [-0.3, -0.25) is 9.79 Å². The van der Waals surface area contributed by atoms with Gasteiger partial charge >= 0.3 is 0 Å². The summed E-state index contributed by atoms with van der Waals surface area (Å²) in [7, 11) is 2.02. The van der Waals surface area contributed by atoms with E-state index in [1.165, 1.54) is 0 Å². The summed E-state index contributed by atoms with van der Waals surface area (Å²) in [5.74, 6) is 1.12. The van der Waals surface area contributed by atoms with Crippen LogP contribution in [-0.2, 0) is 11.2 Å². The van der Waals surface area contributed by atoms with Gasteiger partial charge in [-0.15, -0.1) is 0 Å². The highest BCUT2D eigenvalue weighted by molar-refractivity contribution is 6.01. The van der Waals surface area contributed by atoms with Crippen LogP contribution in [0.1, 0.15) is 5.56 Å². The van der Waals surface area contributed by atoms with E-state index in [9.17, 15) is 4.79 Å². The zero-order valence-corrected chi connectivity index (χ0v) is 11.1. The third-order valence-electron chi connectivity index (χ3n) is 3.60. The molecule has 0 saturated heterocycles. The Morgan fingerprint density at radius 2 is 2.21 bits per heavy atom. The first-order valence-corrected chi connectivity index (χ1v) is 6.63. The van der Waals surface area contributed by atoms with Gasteiger partial charge in [0, 0.05) is 32.4 Å². The molecule has 0 atom stereocenters. The number of carbonyl (C=O) groups is 1. The average Bonchev–Trinajstić information content (AvgIpc) is 2.94. The third-order valence-corrected chi connectivity index (χ3v) is 3.60. The molecule has 0 spiro atoms. The van der Waals surface area contributed by atoms with Gasteiger partial charge in [-0.05, 0) is 11.6 Å². The van der Waals surface area contributed by atoms with Gasteiger partial charge in [0.15, 0.2) is 5.96 Å². The quantitative estimate of drug-likeness (QED) is 0.857. The molecule has 3 rings (SSSR count). The van der Waals surface area contributed by atoms with Crippen molar-refractivity contribution < 1.29 is 4.79 Å². The molecule has 100 valence electrons. The summed E-state index contributed by atoms with van der Waals surface area (Å²) in [4.78, 5) is 20.3. The monoisotopic (exact) mass is 258 g/mol. The number of aliphatic imine (C=N–C) groups is 1. The SMILES string of the molecule is CN1CCN=C1NCCN1C(=O)Cc2ccccc21. The first-order chi connectivity index (χ1) is 9.25. The van der Waals surface area contributed by atoms with Crippen molar-refractivity contribution >= 4 is 17.6 Å². The lowest BCUT2D eigenvalue weighted by atomic mass is 10.2. The number of carbonyl (C=O) groups excluding carboxylic acids is 1. The minimum absolute atomic E-state index is 0.185. The van der Waals surface area contributed by atoms with Gasteiger partial charge in [-0.2, -0.15) is 0 Å². The van der Waals surface area contributed by atoms with E-state index < -0.39 is 0 Å². The van der Waals surface area contributed by atoms with Crippen molar-refractivity contribution in [2.75, 3.05) is 38.1 Å². The van der Waals surface area contributed by atoms with Gasteiger partial charge in [0.05, 0.1) is 13.0 Å². The highest BCUT2D eigenvalue weighted by Crippen LogP contribution is 2.27. The van der Waals surface area contributed by atoms with Crippen molar-refractivity contribution in [3.05, 3.63) is 29.8 Å². The Morgan fingerprint density at radius 1 is 1.37 bits per heavy atom. The number of para-hydroxylation sites is 1. The Morgan fingerprint density at radius 3 is 3.00 bits per heavy atom. The zero-order chi connectivity index (χ0) is 13.2. The van der Waals surface area contributed by atoms with Gasteiger partial charge < -0.3 is 15.1 Å². The largest absolute Gasteiger partial charge is 0.354 e. The van der Waals surface area contributed by atoms with Gasteiger partial charge in [0.25, 0.3) is 0 Å². The van der Waals surface area contributed by atoms with Gasteiger partial charge in [0.2, 0.25) is 5.91 Å². The van der Waals surface area contributed by atoms with Crippen molar-refractivity contribution in [2.24, 2.45) is 4.99 Å². The van der Waals surface area contributed by atoms with Crippen molar-refractivity contribution in [2.45, 2.75) is 6.42 Å². The fraction of sp³-hybridized carbons (Fsp3) is 0.429. The van der Waals surface area contributed by atoms with Crippen LogP contribution in [0.15, 0.2) is 29.3 Å². The zero-order valence-electron chi connectivity index (χ0n) is 11.1. The van der Waals surface area contributed by atoms with E-state index in [1.807, 2.05) is 36.2 Å². The average molecular weight is 258 g/mol. The topological polar surface area (TPSA) is 47.9 Å². The van der Waals surface area contributed by atoms with Crippen LogP contribution < -0.4 is 10.2 Å². The standard InChI is InChI=1S/C14H18N4O/c1-17-8-6-15-14(17)16-7-9-18-12-5-3-2-4-11(12)10-13(18)19/h2-5H,6-10H2,1H3,(H,15,16). The number of benzene rings is 1. The van der Waals surface area contributed by atoms with Crippen LogP contribution >= 0.6 is 0 Å². The normalized spacial score (nSPS) is 17.7. The van der Waals surface area contributed by atoms with E-state index in [4.69, 9.17) is 0 Å². The van der Waals surface area contributed by atoms with Crippen LogP contribution in [0.25, 0.3) is 0 Å². The number of amides is 1. The predicted octanol–water partition coefficient (Wildman–Crippen LogP) is 0.467. The van der Waals surface area contributed by atoms with Crippen molar-refractivity contribution in [3.63, 3.8) is 0 Å². The maximum Gasteiger partial charge on any atom is 0.231 e. The summed E-state index contributed by atoms with van der Waals surface area (Å²) in [6.07, 6.45) is 0.525. The van der Waals surface area contributed by atoms with Crippen LogP contribution in [0.2, 0.25) is 0 Å². The number of rotatable bonds is 3. The fourth-order valence-corrected chi connectivity index (χ4v) is 2.56. The molecule has 1 N–H and O–H groups in total. The molecule has 0 fully saturated rings. The summed E-state index contributed by atoms with van der Waals surface area (Å²) in [5, 5.41) is 3.29. The predicted molar refractivity (Wildman–Crippen MR) is 75.4 cm³/mol. The van der Waals surface area contributed by atoms with E-state index in [0.29, 0.717) is 13.0 Å². The number of nitrogens with zero attached hydrogens (tertiary/aromatic N) is 3. The van der Waals surface area contributed by atoms with E-state index in [0.717, 1.165) is 36.8 Å². The number of guanidine groups is 1. The Labute approximate surface area is 112 Å². The Bertz CT molecular complexity index is 526. The van der Waals surface area contributed by atoms with Gasteiger partial charge in [-0.25, -0.2) is 0 Å². The third kappa shape index (κ3) is 2.28. The molecule has 2 heterocycles. The second kappa shape index (κ2) is 4.91. The number of fused-ring (bicyclic) bond motifs is 1. The molecule has 0 bridgehead atoms. The molecule has 0 saturated carbocycles. The van der Waals surface area contributed by atoms with Crippen LogP contribution in [-0.4, -0.2) is 50.0 Å². The number of likely N-dealkylation sites (N-methyl/N-ethyl adjacent to an activating group) is 1. The smallest absolute Gasteiger partial charge is 0.231 e. The second-order valence-electron chi connectivity index (χ2n) is 4.90. The lowest BCUT2D eigenvalue weighted by Gasteiger charge is -2.20. The van der Waals surface area contributed by atoms with Crippen LogP contribution in [0, 0.1) is 0 Å². The molecule has 19 heavy (non-hydrogen) atoms. The second-order valence-corrected chi connectivity index (χ2v) is 4.90. The molecule has 1 aromatic carbocycles. The van der Waals surface area contributed by atoms with E-state index in [1.54, 1.807) is 0 Å². The van der Waals surface area contributed by atoms with Crippen LogP contribution in [0.3, 0.4) is 0 Å². The lowest BCUT2D eigenvalue weighted by Crippen LogP contribution is -2.41. The minimum Gasteiger partial charge on any atom is -0.354 e. The molecule has 5 heteroatoms. The summed E-state index contributed by atoms with van der Waals surface area (Å²) in [6.45, 7) is 3.23. The van der Waals surface area contributed by atoms with Crippen molar-refractivity contribution in [1.82, 2.24) is 10.2 Å². The lowest BCUT2D eigenvalue weighted by molar-refractivity contribution is -0.117. The maximum absolute atomic E-state index is 12.0. The Hall–Kier alpha value is -2.04. The number of hydrogen-bond donors (Lipinski definition) is 1. The summed E-state index contributed by atoms with van der Waals surface area (Å²) in [6, 6.07) is 8.00. The van der Waals surface area contributed by atoms with E-state index in [-0.39, 0.29) is 5.91 Å². The molecular weight excluding hydrogens is 240 g/mol. The van der Waals surface area contributed by atoms with E-state index in [2.05, 4.69) is 15.2 Å².